The van der Waals surface area contributed by atoms with Crippen molar-refractivity contribution in [1.82, 2.24) is 10.3 Å². The van der Waals surface area contributed by atoms with E-state index in [0.717, 1.165) is 20.0 Å². The summed E-state index contributed by atoms with van der Waals surface area (Å²) in [6, 6.07) is 1.32. The van der Waals surface area contributed by atoms with Gasteiger partial charge in [0.05, 0.1) is 20.3 Å². The molecule has 20 heavy (non-hydrogen) atoms. The maximum absolute atomic E-state index is 11.7. The van der Waals surface area contributed by atoms with Crippen LogP contribution in [0.1, 0.15) is 25.5 Å². The van der Waals surface area contributed by atoms with Crippen LogP contribution in [0.25, 0.3) is 0 Å². The van der Waals surface area contributed by atoms with Crippen molar-refractivity contribution >= 4 is 11.9 Å². The highest BCUT2D eigenvalue weighted by Crippen LogP contribution is 2.03. The van der Waals surface area contributed by atoms with Crippen LogP contribution in [-0.4, -0.2) is 30.6 Å². The second kappa shape index (κ2) is 7.98. The summed E-state index contributed by atoms with van der Waals surface area (Å²) in [5.41, 5.74) is 0.192. The van der Waals surface area contributed by atoms with Gasteiger partial charge in [-0.15, -0.1) is 0 Å². The Morgan fingerprint density at radius 1 is 1.40 bits per heavy atom. The van der Waals surface area contributed by atoms with E-state index in [1.165, 1.54) is 12.3 Å². The van der Waals surface area contributed by atoms with Crippen molar-refractivity contribution in [3.05, 3.63) is 28.2 Å². The molecule has 0 spiro atoms. The zero-order valence-electron chi connectivity index (χ0n) is 11.5. The van der Waals surface area contributed by atoms with Crippen LogP contribution in [0, 0.1) is 0 Å². The summed E-state index contributed by atoms with van der Waals surface area (Å²) in [6.45, 7) is 2.54. The minimum absolute atomic E-state index is 0.0262. The first kappa shape index (κ1) is 15.7. The summed E-state index contributed by atoms with van der Waals surface area (Å²) in [5, 5.41) is 2.32. The summed E-state index contributed by atoms with van der Waals surface area (Å²) in [7, 11) is 1.12. The number of unbranched alkanes of at least 4 members (excludes halogenated alkanes) is 1. The van der Waals surface area contributed by atoms with Crippen molar-refractivity contribution in [3.8, 4) is 5.75 Å². The van der Waals surface area contributed by atoms with E-state index in [4.69, 9.17) is 4.74 Å². The number of rotatable bonds is 6. The van der Waals surface area contributed by atoms with Crippen molar-refractivity contribution in [2.75, 3.05) is 13.7 Å². The van der Waals surface area contributed by atoms with E-state index in [9.17, 15) is 14.4 Å². The molecule has 0 saturated carbocycles. The Kier molecular flexibility index (Phi) is 6.28. The van der Waals surface area contributed by atoms with E-state index in [1.54, 1.807) is 0 Å². The topological polar surface area (TPSA) is 97.5 Å². The predicted molar refractivity (Wildman–Crippen MR) is 71.3 cm³/mol. The van der Waals surface area contributed by atoms with Gasteiger partial charge in [0.15, 0.2) is 5.75 Å². The summed E-state index contributed by atoms with van der Waals surface area (Å²) in [6.07, 6.45) is 3.30. The molecule has 0 aliphatic rings. The smallest absolute Gasteiger partial charge is 0.396 e. The van der Waals surface area contributed by atoms with Gasteiger partial charge in [-0.05, 0) is 6.42 Å². The molecule has 0 aromatic carbocycles. The summed E-state index contributed by atoms with van der Waals surface area (Å²) >= 11 is 0. The van der Waals surface area contributed by atoms with E-state index in [2.05, 4.69) is 15.0 Å². The third kappa shape index (κ3) is 4.75. The van der Waals surface area contributed by atoms with Gasteiger partial charge in [-0.25, -0.2) is 4.79 Å². The zero-order chi connectivity index (χ0) is 15.0. The Bertz CT molecular complexity index is 524. The predicted octanol–water partition coefficient (Wildman–Crippen LogP) is 0.343. The lowest BCUT2D eigenvalue weighted by Gasteiger charge is -2.07. The minimum atomic E-state index is -0.980. The van der Waals surface area contributed by atoms with Gasteiger partial charge in [0, 0.05) is 18.0 Å². The monoisotopic (exact) mass is 282 g/mol. The standard InChI is InChI=1S/C13H18N2O5/c1-3-4-5-20-11-8-14-9(6-10(11)16)7-15-12(17)13(18)19-2/h6,8H,3-5,7H2,1-2H3,(H,14,16)(H,15,17). The summed E-state index contributed by atoms with van der Waals surface area (Å²) in [4.78, 5) is 36.6. The number of esters is 1. The number of aromatic nitrogens is 1. The average Bonchev–Trinajstić information content (AvgIpc) is 2.46. The van der Waals surface area contributed by atoms with Crippen LogP contribution in [-0.2, 0) is 20.9 Å². The molecule has 0 radical (unpaired) electrons. The quantitative estimate of drug-likeness (QED) is 0.445. The Hall–Kier alpha value is -2.31. The van der Waals surface area contributed by atoms with Crippen molar-refractivity contribution in [1.29, 1.82) is 0 Å². The van der Waals surface area contributed by atoms with Gasteiger partial charge in [0.25, 0.3) is 0 Å². The second-order valence-electron chi connectivity index (χ2n) is 4.06. The molecule has 2 N–H and O–H groups in total. The van der Waals surface area contributed by atoms with Crippen molar-refractivity contribution in [2.24, 2.45) is 0 Å². The van der Waals surface area contributed by atoms with Gasteiger partial charge in [-0.2, -0.15) is 0 Å². The fourth-order valence-electron chi connectivity index (χ4n) is 1.38. The Morgan fingerprint density at radius 2 is 2.15 bits per heavy atom. The SMILES string of the molecule is CCCCOc1c[nH]c(CNC(=O)C(=O)OC)cc1=O. The first-order valence-corrected chi connectivity index (χ1v) is 6.29. The number of ether oxygens (including phenoxy) is 2. The molecular formula is C13H18N2O5. The van der Waals surface area contributed by atoms with Crippen LogP contribution in [0.15, 0.2) is 17.1 Å². The molecule has 7 heteroatoms. The number of carbonyl (C=O) groups excluding carboxylic acids is 2. The maximum atomic E-state index is 11.7. The van der Waals surface area contributed by atoms with Crippen LogP contribution in [0.5, 0.6) is 5.75 Å². The number of pyridine rings is 1. The molecule has 0 fully saturated rings. The molecule has 1 heterocycles. The van der Waals surface area contributed by atoms with E-state index in [1.807, 2.05) is 6.92 Å². The van der Waals surface area contributed by atoms with Crippen molar-refractivity contribution in [2.45, 2.75) is 26.3 Å². The van der Waals surface area contributed by atoms with Crippen LogP contribution in [0.4, 0.5) is 0 Å². The first-order chi connectivity index (χ1) is 9.58. The normalized spacial score (nSPS) is 9.90. The van der Waals surface area contributed by atoms with Gasteiger partial charge in [0.2, 0.25) is 5.43 Å². The van der Waals surface area contributed by atoms with Crippen LogP contribution in [0.3, 0.4) is 0 Å². The molecule has 0 bridgehead atoms. The van der Waals surface area contributed by atoms with E-state index in [0.29, 0.717) is 12.3 Å². The Morgan fingerprint density at radius 3 is 2.75 bits per heavy atom. The number of hydrogen-bond acceptors (Lipinski definition) is 5. The lowest BCUT2D eigenvalue weighted by atomic mass is 10.3. The van der Waals surface area contributed by atoms with E-state index >= 15 is 0 Å². The molecule has 0 unspecified atom stereocenters. The number of aromatic amines is 1. The number of carbonyl (C=O) groups is 2. The van der Waals surface area contributed by atoms with E-state index in [-0.39, 0.29) is 17.7 Å². The van der Waals surface area contributed by atoms with Crippen LogP contribution < -0.4 is 15.5 Å². The highest BCUT2D eigenvalue weighted by molar-refractivity contribution is 6.32. The molecule has 7 nitrogen and oxygen atoms in total. The molecule has 110 valence electrons. The second-order valence-corrected chi connectivity index (χ2v) is 4.06. The molecule has 1 aromatic rings. The lowest BCUT2D eigenvalue weighted by Crippen LogP contribution is -2.31. The summed E-state index contributed by atoms with van der Waals surface area (Å²) < 4.78 is 9.56. The third-order valence-corrected chi connectivity index (χ3v) is 2.50. The molecule has 1 amide bonds. The molecule has 0 saturated heterocycles. The van der Waals surface area contributed by atoms with Gasteiger partial charge in [-0.3, -0.25) is 9.59 Å². The van der Waals surface area contributed by atoms with Crippen molar-refractivity contribution in [3.63, 3.8) is 0 Å². The molecule has 0 atom stereocenters. The Labute approximate surface area is 116 Å². The molecule has 0 aliphatic carbocycles. The average molecular weight is 282 g/mol. The fourth-order valence-corrected chi connectivity index (χ4v) is 1.38. The molecule has 1 aromatic heterocycles. The fraction of sp³-hybridized carbons (Fsp3) is 0.462. The van der Waals surface area contributed by atoms with Gasteiger partial charge in [0.1, 0.15) is 0 Å². The zero-order valence-corrected chi connectivity index (χ0v) is 11.5. The minimum Gasteiger partial charge on any atom is -0.488 e. The lowest BCUT2D eigenvalue weighted by molar-refractivity contribution is -0.152. The highest BCUT2D eigenvalue weighted by Gasteiger charge is 2.13. The Balaban J connectivity index is 2.57. The summed E-state index contributed by atoms with van der Waals surface area (Å²) in [5.74, 6) is -1.61. The third-order valence-electron chi connectivity index (χ3n) is 2.50. The van der Waals surface area contributed by atoms with Crippen LogP contribution >= 0.6 is 0 Å². The molecule has 0 aliphatic heterocycles. The number of amides is 1. The number of H-pyrrole nitrogens is 1. The largest absolute Gasteiger partial charge is 0.488 e. The first-order valence-electron chi connectivity index (χ1n) is 6.29. The van der Waals surface area contributed by atoms with Crippen molar-refractivity contribution < 1.29 is 19.1 Å². The van der Waals surface area contributed by atoms with Crippen LogP contribution in [0.2, 0.25) is 0 Å². The van der Waals surface area contributed by atoms with E-state index < -0.39 is 11.9 Å². The van der Waals surface area contributed by atoms with Gasteiger partial charge in [-0.1, -0.05) is 13.3 Å². The molecule has 1 rings (SSSR count). The number of nitrogens with one attached hydrogen (secondary N) is 2. The highest BCUT2D eigenvalue weighted by atomic mass is 16.5. The maximum Gasteiger partial charge on any atom is 0.396 e. The number of methoxy groups -OCH3 is 1. The van der Waals surface area contributed by atoms with Gasteiger partial charge >= 0.3 is 11.9 Å². The molecular weight excluding hydrogens is 264 g/mol. The van der Waals surface area contributed by atoms with Gasteiger partial charge < -0.3 is 19.8 Å². The number of hydrogen-bond donors (Lipinski definition) is 2.